The predicted molar refractivity (Wildman–Crippen MR) is 75.9 cm³/mol. The lowest BCUT2D eigenvalue weighted by atomic mass is 10.1. The van der Waals surface area contributed by atoms with Crippen molar-refractivity contribution in [2.45, 2.75) is 19.9 Å². The van der Waals surface area contributed by atoms with Gasteiger partial charge in [0.2, 0.25) is 0 Å². The standard InChI is InChI=1S/C15H20N2/c1-4-14(10-9-12(2)11-16)17-15-8-6-5-7-13(15)3/h4-12,14,16-17H,1H2,2-3H3. The lowest BCUT2D eigenvalue weighted by Gasteiger charge is -2.14. The molecule has 2 nitrogen and oxygen atoms in total. The molecule has 0 radical (unpaired) electrons. The normalized spacial score (nSPS) is 14.2. The number of rotatable bonds is 6. The van der Waals surface area contributed by atoms with Crippen molar-refractivity contribution >= 4 is 11.9 Å². The molecule has 0 aliphatic heterocycles. The van der Waals surface area contributed by atoms with Gasteiger partial charge in [-0.25, -0.2) is 0 Å². The largest absolute Gasteiger partial charge is 0.375 e. The van der Waals surface area contributed by atoms with Crippen LogP contribution in [0.1, 0.15) is 12.5 Å². The Hall–Kier alpha value is -1.83. The number of anilines is 1. The van der Waals surface area contributed by atoms with E-state index < -0.39 is 0 Å². The van der Waals surface area contributed by atoms with E-state index in [-0.39, 0.29) is 12.0 Å². The molecule has 2 heteroatoms. The highest BCUT2D eigenvalue weighted by molar-refractivity contribution is 5.59. The van der Waals surface area contributed by atoms with Crippen LogP contribution in [0.15, 0.2) is 49.1 Å². The zero-order chi connectivity index (χ0) is 12.7. The zero-order valence-corrected chi connectivity index (χ0v) is 10.5. The average Bonchev–Trinajstić information content (AvgIpc) is 2.36. The maximum Gasteiger partial charge on any atom is 0.0626 e. The highest BCUT2D eigenvalue weighted by atomic mass is 14.9. The van der Waals surface area contributed by atoms with E-state index in [0.29, 0.717) is 0 Å². The summed E-state index contributed by atoms with van der Waals surface area (Å²) in [7, 11) is 0. The summed E-state index contributed by atoms with van der Waals surface area (Å²) in [5.41, 5.74) is 2.33. The maximum atomic E-state index is 7.14. The second-order valence-electron chi connectivity index (χ2n) is 4.13. The van der Waals surface area contributed by atoms with Gasteiger partial charge >= 0.3 is 0 Å². The van der Waals surface area contributed by atoms with E-state index in [2.05, 4.69) is 31.0 Å². The summed E-state index contributed by atoms with van der Waals surface area (Å²) in [4.78, 5) is 0. The van der Waals surface area contributed by atoms with Crippen LogP contribution in [-0.4, -0.2) is 12.3 Å². The lowest BCUT2D eigenvalue weighted by Crippen LogP contribution is -2.14. The molecular weight excluding hydrogens is 208 g/mol. The third-order valence-corrected chi connectivity index (χ3v) is 2.61. The minimum absolute atomic E-state index is 0.0958. The van der Waals surface area contributed by atoms with Gasteiger partial charge in [0.15, 0.2) is 0 Å². The molecule has 17 heavy (non-hydrogen) atoms. The number of hydrogen-bond donors (Lipinski definition) is 2. The molecule has 2 unspecified atom stereocenters. The molecule has 0 fully saturated rings. The molecule has 2 N–H and O–H groups in total. The topological polar surface area (TPSA) is 35.9 Å². The number of nitrogens with one attached hydrogen (secondary N) is 2. The Morgan fingerprint density at radius 2 is 2.00 bits per heavy atom. The van der Waals surface area contributed by atoms with Crippen molar-refractivity contribution < 1.29 is 0 Å². The van der Waals surface area contributed by atoms with E-state index in [1.807, 2.05) is 37.3 Å². The van der Waals surface area contributed by atoms with Crippen molar-refractivity contribution in [2.75, 3.05) is 5.32 Å². The van der Waals surface area contributed by atoms with E-state index in [0.717, 1.165) is 5.69 Å². The first-order chi connectivity index (χ1) is 8.17. The van der Waals surface area contributed by atoms with Crippen LogP contribution >= 0.6 is 0 Å². The molecule has 1 aromatic carbocycles. The van der Waals surface area contributed by atoms with E-state index in [4.69, 9.17) is 5.41 Å². The SMILES string of the molecule is C=CC(C=CC(C)C=N)Nc1ccccc1C. The molecule has 0 aliphatic carbocycles. The summed E-state index contributed by atoms with van der Waals surface area (Å²) in [6.07, 6.45) is 7.32. The number of para-hydroxylation sites is 1. The summed E-state index contributed by atoms with van der Waals surface area (Å²) in [5.74, 6) is 0.163. The second kappa shape index (κ2) is 6.69. The van der Waals surface area contributed by atoms with Gasteiger partial charge in [-0.2, -0.15) is 0 Å². The van der Waals surface area contributed by atoms with Gasteiger partial charge in [-0.1, -0.05) is 43.4 Å². The van der Waals surface area contributed by atoms with Crippen molar-refractivity contribution in [3.63, 3.8) is 0 Å². The van der Waals surface area contributed by atoms with Crippen LogP contribution in [-0.2, 0) is 0 Å². The number of hydrogen-bond acceptors (Lipinski definition) is 2. The van der Waals surface area contributed by atoms with Crippen molar-refractivity contribution in [3.8, 4) is 0 Å². The summed E-state index contributed by atoms with van der Waals surface area (Å²) >= 11 is 0. The van der Waals surface area contributed by atoms with Crippen LogP contribution in [0.25, 0.3) is 0 Å². The van der Waals surface area contributed by atoms with E-state index >= 15 is 0 Å². The van der Waals surface area contributed by atoms with Crippen LogP contribution in [0.4, 0.5) is 5.69 Å². The predicted octanol–water partition coefficient (Wildman–Crippen LogP) is 3.80. The highest BCUT2D eigenvalue weighted by Gasteiger charge is 2.02. The Morgan fingerprint density at radius 1 is 1.29 bits per heavy atom. The Morgan fingerprint density at radius 3 is 2.59 bits per heavy atom. The van der Waals surface area contributed by atoms with Crippen LogP contribution in [0.2, 0.25) is 0 Å². The third kappa shape index (κ3) is 4.27. The number of benzene rings is 1. The van der Waals surface area contributed by atoms with Crippen LogP contribution < -0.4 is 5.32 Å². The van der Waals surface area contributed by atoms with Crippen molar-refractivity contribution in [2.24, 2.45) is 5.92 Å². The Kier molecular flexibility index (Phi) is 5.21. The van der Waals surface area contributed by atoms with Gasteiger partial charge in [0.1, 0.15) is 0 Å². The Labute approximate surface area is 104 Å². The smallest absolute Gasteiger partial charge is 0.0626 e. The molecule has 0 spiro atoms. The van der Waals surface area contributed by atoms with Crippen molar-refractivity contribution in [1.29, 1.82) is 5.41 Å². The van der Waals surface area contributed by atoms with Gasteiger partial charge in [0, 0.05) is 17.8 Å². The van der Waals surface area contributed by atoms with Gasteiger partial charge in [0.25, 0.3) is 0 Å². The third-order valence-electron chi connectivity index (χ3n) is 2.61. The Balaban J connectivity index is 2.71. The lowest BCUT2D eigenvalue weighted by molar-refractivity contribution is 0.989. The summed E-state index contributed by atoms with van der Waals surface area (Å²) < 4.78 is 0. The van der Waals surface area contributed by atoms with Crippen LogP contribution in [0.3, 0.4) is 0 Å². The average molecular weight is 228 g/mol. The molecule has 1 aromatic rings. The molecular formula is C15H20N2. The first-order valence-electron chi connectivity index (χ1n) is 5.81. The van der Waals surface area contributed by atoms with Gasteiger partial charge in [-0.3, -0.25) is 0 Å². The highest BCUT2D eigenvalue weighted by Crippen LogP contribution is 2.15. The fourth-order valence-corrected chi connectivity index (χ4v) is 1.45. The number of aryl methyl sites for hydroxylation is 1. The summed E-state index contributed by atoms with van der Waals surface area (Å²) in [6, 6.07) is 8.26. The van der Waals surface area contributed by atoms with Gasteiger partial charge in [-0.15, -0.1) is 6.58 Å². The van der Waals surface area contributed by atoms with Gasteiger partial charge in [-0.05, 0) is 18.6 Å². The van der Waals surface area contributed by atoms with E-state index in [1.165, 1.54) is 11.8 Å². The second-order valence-corrected chi connectivity index (χ2v) is 4.13. The van der Waals surface area contributed by atoms with Crippen molar-refractivity contribution in [1.82, 2.24) is 0 Å². The minimum atomic E-state index is 0.0958. The summed E-state index contributed by atoms with van der Waals surface area (Å²) in [6.45, 7) is 7.88. The minimum Gasteiger partial charge on any atom is -0.375 e. The molecule has 2 atom stereocenters. The molecule has 0 heterocycles. The van der Waals surface area contributed by atoms with E-state index in [9.17, 15) is 0 Å². The van der Waals surface area contributed by atoms with Gasteiger partial charge in [0.05, 0.1) is 6.04 Å². The molecule has 0 saturated heterocycles. The van der Waals surface area contributed by atoms with Crippen molar-refractivity contribution in [3.05, 3.63) is 54.6 Å². The first kappa shape index (κ1) is 13.2. The van der Waals surface area contributed by atoms with E-state index in [1.54, 1.807) is 0 Å². The number of allylic oxidation sites excluding steroid dienone is 1. The molecule has 0 bridgehead atoms. The van der Waals surface area contributed by atoms with Crippen LogP contribution in [0, 0.1) is 18.3 Å². The van der Waals surface area contributed by atoms with Crippen LogP contribution in [0.5, 0.6) is 0 Å². The first-order valence-corrected chi connectivity index (χ1v) is 5.81. The molecule has 0 aliphatic rings. The monoisotopic (exact) mass is 228 g/mol. The molecule has 0 amide bonds. The maximum absolute atomic E-state index is 7.14. The molecule has 1 rings (SSSR count). The Bertz CT molecular complexity index is 407. The fourth-order valence-electron chi connectivity index (χ4n) is 1.45. The zero-order valence-electron chi connectivity index (χ0n) is 10.5. The fraction of sp³-hybridized carbons (Fsp3) is 0.267. The molecule has 0 aromatic heterocycles. The molecule has 90 valence electrons. The quantitative estimate of drug-likeness (QED) is 0.564. The summed E-state index contributed by atoms with van der Waals surface area (Å²) in [5, 5.41) is 10.5. The molecule has 0 saturated carbocycles. The van der Waals surface area contributed by atoms with Gasteiger partial charge < -0.3 is 10.7 Å².